The third kappa shape index (κ3) is 15.2. The van der Waals surface area contributed by atoms with Gasteiger partial charge in [-0.1, -0.05) is 93.9 Å². The largest absolute Gasteiger partial charge is 0.417 e. The summed E-state index contributed by atoms with van der Waals surface area (Å²) in [5.41, 5.74) is -0.902. The highest BCUT2D eigenvalue weighted by Crippen LogP contribution is 2.40. The average Bonchev–Trinajstić information content (AvgIpc) is 3.34. The summed E-state index contributed by atoms with van der Waals surface area (Å²) in [5, 5.41) is 0.597. The molecule has 28 heteroatoms. The number of alkyl halides is 6. The van der Waals surface area contributed by atoms with Gasteiger partial charge in [0, 0.05) is 39.2 Å². The minimum absolute atomic E-state index is 0.0321. The van der Waals surface area contributed by atoms with Crippen LogP contribution in [0.25, 0.3) is 0 Å². The van der Waals surface area contributed by atoms with Gasteiger partial charge in [0.05, 0.1) is 80.8 Å². The van der Waals surface area contributed by atoms with Crippen LogP contribution in [0.15, 0.2) is 107 Å². The van der Waals surface area contributed by atoms with Crippen molar-refractivity contribution in [3.8, 4) is 0 Å². The number of carbonyl (C=O) groups excluding carboxylic acids is 2. The normalized spacial score (nSPS) is 11.7. The lowest BCUT2D eigenvalue weighted by Gasteiger charge is -2.25. The standard InChI is InChI=1S/C22H16Cl3F3N2O4S.C15H13Cl2F3N2O3S.C10H12ClNO2/c1-12-4-3-5-15(19(12)25)21(31)20-18(8-13(23)10-29-20)30(11-34-2)35(32,33)14-6-7-17(24)16(9-14)22(26,27)28;1-9-14(5-10(16)7-21-9)22(8-25-2)26(23,24)11-3-4-13(17)12(6-11)15(18,19)20;1-7-5-4-6-8(9(7)11)10(13)12(2)14-3/h3-10H,11H2,1-2H3;3-7H,8H2,1-2H3;4-6H,1-3H3. The molecule has 0 aliphatic rings. The zero-order chi connectivity index (χ0) is 56.5. The van der Waals surface area contributed by atoms with Crippen LogP contribution in [0.2, 0.25) is 30.1 Å². The van der Waals surface area contributed by atoms with E-state index in [1.54, 1.807) is 38.2 Å². The third-order valence-electron chi connectivity index (χ3n) is 10.2. The maximum absolute atomic E-state index is 13.5. The lowest BCUT2D eigenvalue weighted by atomic mass is 10.0. The van der Waals surface area contributed by atoms with E-state index in [1.165, 1.54) is 46.6 Å². The lowest BCUT2D eigenvalue weighted by Crippen LogP contribution is -2.34. The number of hydrogen-bond donors (Lipinski definition) is 0. The van der Waals surface area contributed by atoms with Gasteiger partial charge >= 0.3 is 12.4 Å². The smallest absolute Gasteiger partial charge is 0.363 e. The summed E-state index contributed by atoms with van der Waals surface area (Å²) >= 11 is 35.4. The van der Waals surface area contributed by atoms with Gasteiger partial charge in [0.15, 0.2) is 0 Å². The Morgan fingerprint density at radius 3 is 1.44 bits per heavy atom. The summed E-state index contributed by atoms with van der Waals surface area (Å²) in [6.07, 6.45) is -7.26. The van der Waals surface area contributed by atoms with Crippen molar-refractivity contribution >= 4 is 113 Å². The number of anilines is 2. The summed E-state index contributed by atoms with van der Waals surface area (Å²) < 4.78 is 143. The minimum atomic E-state index is -4.91. The van der Waals surface area contributed by atoms with Crippen molar-refractivity contribution in [2.75, 3.05) is 50.4 Å². The molecule has 1 amide bonds. The number of amides is 1. The molecule has 404 valence electrons. The Kier molecular flexibility index (Phi) is 21.6. The third-order valence-corrected chi connectivity index (χ3v) is 15.7. The van der Waals surface area contributed by atoms with Crippen LogP contribution in [0, 0.1) is 20.8 Å². The molecular weight excluding hydrogens is 1170 g/mol. The molecule has 0 spiro atoms. The zero-order valence-electron chi connectivity index (χ0n) is 39.9. The van der Waals surface area contributed by atoms with Gasteiger partial charge in [-0.05, 0) is 92.6 Å². The monoisotopic (exact) mass is 1210 g/mol. The lowest BCUT2D eigenvalue weighted by molar-refractivity contribution is -0.138. The van der Waals surface area contributed by atoms with Crippen LogP contribution in [0.3, 0.4) is 0 Å². The van der Waals surface area contributed by atoms with Crippen LogP contribution in [-0.4, -0.2) is 85.4 Å². The Labute approximate surface area is 457 Å². The van der Waals surface area contributed by atoms with Crippen molar-refractivity contribution in [2.45, 2.75) is 42.9 Å². The number of ether oxygens (including phenoxy) is 2. The maximum Gasteiger partial charge on any atom is 0.417 e. The van der Waals surface area contributed by atoms with Crippen LogP contribution in [0.5, 0.6) is 0 Å². The van der Waals surface area contributed by atoms with E-state index in [9.17, 15) is 52.8 Å². The van der Waals surface area contributed by atoms with Gasteiger partial charge in [-0.2, -0.15) is 26.3 Å². The number of sulfonamides is 2. The summed E-state index contributed by atoms with van der Waals surface area (Å²) in [7, 11) is -3.73. The van der Waals surface area contributed by atoms with E-state index in [0.717, 1.165) is 51.5 Å². The first-order valence-electron chi connectivity index (χ1n) is 20.8. The summed E-state index contributed by atoms with van der Waals surface area (Å²) in [4.78, 5) is 36.4. The topological polar surface area (TPSA) is 166 Å². The second-order valence-electron chi connectivity index (χ2n) is 15.3. The van der Waals surface area contributed by atoms with Crippen molar-refractivity contribution < 1.29 is 67.1 Å². The highest BCUT2D eigenvalue weighted by atomic mass is 35.5. The zero-order valence-corrected chi connectivity index (χ0v) is 46.1. The summed E-state index contributed by atoms with van der Waals surface area (Å²) in [5.74, 6) is -0.977. The Bertz CT molecular complexity index is 3310. The van der Waals surface area contributed by atoms with Crippen LogP contribution in [-0.2, 0) is 46.7 Å². The van der Waals surface area contributed by atoms with Gasteiger partial charge in [-0.3, -0.25) is 19.4 Å². The van der Waals surface area contributed by atoms with Crippen LogP contribution in [0.1, 0.15) is 54.4 Å². The number of rotatable bonds is 14. The molecule has 0 N–H and O–H groups in total. The van der Waals surface area contributed by atoms with E-state index < -0.39 is 82.6 Å². The maximum atomic E-state index is 13.5. The molecular formula is C47H41Cl6F6N5O9S2. The molecule has 6 aromatic rings. The number of halogens is 12. The number of pyridine rings is 2. The van der Waals surface area contributed by atoms with Gasteiger partial charge in [0.1, 0.15) is 19.2 Å². The predicted molar refractivity (Wildman–Crippen MR) is 274 cm³/mol. The Morgan fingerprint density at radius 2 is 1.00 bits per heavy atom. The molecule has 0 saturated heterocycles. The molecule has 0 fully saturated rings. The fourth-order valence-corrected chi connectivity index (χ4v) is 10.4. The highest BCUT2D eigenvalue weighted by Gasteiger charge is 2.38. The Morgan fingerprint density at radius 1 is 0.587 bits per heavy atom. The first-order chi connectivity index (χ1) is 34.8. The first-order valence-corrected chi connectivity index (χ1v) is 25.9. The molecule has 0 aliphatic carbocycles. The second kappa shape index (κ2) is 25.9. The number of methoxy groups -OCH3 is 2. The van der Waals surface area contributed by atoms with Crippen molar-refractivity contribution in [1.29, 1.82) is 0 Å². The summed E-state index contributed by atoms with van der Waals surface area (Å²) in [6, 6.07) is 17.0. The van der Waals surface area contributed by atoms with Gasteiger partial charge in [0.2, 0.25) is 5.78 Å². The average molecular weight is 1210 g/mol. The molecule has 0 atom stereocenters. The quantitative estimate of drug-likeness (QED) is 0.0441. The number of ketones is 1. The number of nitrogens with zero attached hydrogens (tertiary/aromatic N) is 5. The number of carbonyl (C=O) groups is 2. The molecule has 0 bridgehead atoms. The van der Waals surface area contributed by atoms with Crippen LogP contribution >= 0.6 is 69.6 Å². The predicted octanol–water partition coefficient (Wildman–Crippen LogP) is 13.2. The van der Waals surface area contributed by atoms with Crippen molar-refractivity contribution in [1.82, 2.24) is 15.0 Å². The van der Waals surface area contributed by atoms with Crippen molar-refractivity contribution in [3.63, 3.8) is 0 Å². The number of aryl methyl sites for hydroxylation is 3. The van der Waals surface area contributed by atoms with E-state index in [2.05, 4.69) is 9.97 Å². The number of hydrogen-bond acceptors (Lipinski definition) is 11. The number of hydroxylamine groups is 2. The Hall–Kier alpha value is -4.98. The van der Waals surface area contributed by atoms with Gasteiger partial charge in [0.25, 0.3) is 26.0 Å². The van der Waals surface area contributed by atoms with E-state index in [1.807, 2.05) is 13.0 Å². The first kappa shape index (κ1) is 62.6. The molecule has 2 heterocycles. The fraction of sp³-hybridized carbons (Fsp3) is 0.234. The molecule has 75 heavy (non-hydrogen) atoms. The molecule has 0 saturated carbocycles. The highest BCUT2D eigenvalue weighted by molar-refractivity contribution is 7.93. The minimum Gasteiger partial charge on any atom is -0.363 e. The fourth-order valence-electron chi connectivity index (χ4n) is 6.35. The molecule has 0 radical (unpaired) electrons. The van der Waals surface area contributed by atoms with E-state index >= 15 is 0 Å². The molecule has 0 aliphatic heterocycles. The van der Waals surface area contributed by atoms with Crippen LogP contribution < -0.4 is 8.61 Å². The summed E-state index contributed by atoms with van der Waals surface area (Å²) in [6.45, 7) is 3.94. The van der Waals surface area contributed by atoms with Crippen LogP contribution in [0.4, 0.5) is 37.7 Å². The van der Waals surface area contributed by atoms with E-state index in [-0.39, 0.29) is 43.6 Å². The van der Waals surface area contributed by atoms with Crippen molar-refractivity contribution in [3.05, 3.63) is 172 Å². The number of aromatic nitrogens is 2. The SMILES string of the molecule is COCN(c1cc(Cl)cnc1C(=O)c1cccc(C)c1Cl)S(=O)(=O)c1ccc(Cl)c(C(F)(F)F)c1.COCN(c1cc(Cl)cnc1C)S(=O)(=O)c1ccc(Cl)c(C(F)(F)F)c1.CON(C)C(=O)c1cccc(C)c1Cl. The molecule has 14 nitrogen and oxygen atoms in total. The molecule has 6 rings (SSSR count). The van der Waals surface area contributed by atoms with E-state index in [0.29, 0.717) is 38.3 Å². The van der Waals surface area contributed by atoms with E-state index in [4.69, 9.17) is 83.9 Å². The molecule has 0 unspecified atom stereocenters. The molecule has 2 aromatic heterocycles. The van der Waals surface area contributed by atoms with Gasteiger partial charge < -0.3 is 9.47 Å². The molecule has 4 aromatic carbocycles. The number of benzene rings is 4. The second-order valence-corrected chi connectivity index (χ2v) is 21.5. The van der Waals surface area contributed by atoms with Crippen molar-refractivity contribution in [2.24, 2.45) is 0 Å². The van der Waals surface area contributed by atoms with Gasteiger partial charge in [-0.25, -0.2) is 35.5 Å². The Balaban J connectivity index is 0.000000266. The van der Waals surface area contributed by atoms with Gasteiger partial charge in [-0.15, -0.1) is 0 Å².